The Morgan fingerprint density at radius 2 is 1.72 bits per heavy atom. The summed E-state index contributed by atoms with van der Waals surface area (Å²) in [6.07, 6.45) is 1.70. The van der Waals surface area contributed by atoms with E-state index in [0.717, 1.165) is 5.56 Å². The molecule has 0 aliphatic carbocycles. The molecule has 0 aromatic heterocycles. The van der Waals surface area contributed by atoms with Crippen molar-refractivity contribution >= 4 is 29.7 Å². The molecule has 0 aliphatic heterocycles. The van der Waals surface area contributed by atoms with Gasteiger partial charge in [0.25, 0.3) is 5.91 Å². The van der Waals surface area contributed by atoms with Crippen LogP contribution in [0.3, 0.4) is 0 Å². The van der Waals surface area contributed by atoms with Crippen LogP contribution in [0.25, 0.3) is 0 Å². The van der Waals surface area contributed by atoms with Gasteiger partial charge < -0.3 is 20.5 Å². The van der Waals surface area contributed by atoms with Crippen molar-refractivity contribution in [2.75, 3.05) is 12.0 Å². The van der Waals surface area contributed by atoms with E-state index in [1.54, 1.807) is 32.9 Å². The van der Waals surface area contributed by atoms with E-state index in [9.17, 15) is 19.5 Å². The van der Waals surface area contributed by atoms with E-state index >= 15 is 0 Å². The van der Waals surface area contributed by atoms with E-state index < -0.39 is 35.6 Å². The summed E-state index contributed by atoms with van der Waals surface area (Å²) in [6, 6.07) is 4.43. The predicted molar refractivity (Wildman–Crippen MR) is 112 cm³/mol. The fraction of sp³-hybridized carbons (Fsp3) is 0.526. The van der Waals surface area contributed by atoms with Gasteiger partial charge in [-0.1, -0.05) is 12.1 Å². The molecular formula is C19H30N4O5S. The summed E-state index contributed by atoms with van der Waals surface area (Å²) >= 11 is 1.53. The van der Waals surface area contributed by atoms with Gasteiger partial charge in [0.2, 0.25) is 5.91 Å². The molecular weight excluding hydrogens is 396 g/mol. The standard InChI is InChI=1S/C19H30N4O5S/c1-19(2,3)28-18(27)22-14(9-10-29-4)16(25)21-15(17(26)23-20)11-12-5-7-13(24)8-6-12/h5-8,14-15,24H,9-11,20H2,1-4H3,(H,21,25)(H,22,27)(H,23,26)/t14-,15-/m1/s1. The largest absolute Gasteiger partial charge is 0.508 e. The first-order valence-corrected chi connectivity index (χ1v) is 10.5. The predicted octanol–water partition coefficient (Wildman–Crippen LogP) is 1.06. The number of hydrogen-bond donors (Lipinski definition) is 5. The highest BCUT2D eigenvalue weighted by molar-refractivity contribution is 7.98. The molecule has 0 bridgehead atoms. The van der Waals surface area contributed by atoms with Gasteiger partial charge in [0.05, 0.1) is 0 Å². The summed E-state index contributed by atoms with van der Waals surface area (Å²) in [5, 5.41) is 14.6. The number of carbonyl (C=O) groups excluding carboxylic acids is 3. The average molecular weight is 427 g/mol. The van der Waals surface area contributed by atoms with Crippen molar-refractivity contribution < 1.29 is 24.2 Å². The maximum atomic E-state index is 12.8. The molecule has 10 heteroatoms. The zero-order valence-corrected chi connectivity index (χ0v) is 18.0. The van der Waals surface area contributed by atoms with Gasteiger partial charge in [-0.15, -0.1) is 0 Å². The Balaban J connectivity index is 2.88. The molecule has 1 aromatic rings. The molecule has 162 valence electrons. The van der Waals surface area contributed by atoms with Crippen molar-refractivity contribution in [1.29, 1.82) is 0 Å². The number of phenols is 1. The summed E-state index contributed by atoms with van der Waals surface area (Å²) in [5.74, 6) is 4.87. The number of carbonyl (C=O) groups is 3. The normalized spacial score (nSPS) is 13.1. The molecule has 0 saturated carbocycles. The second-order valence-corrected chi connectivity index (χ2v) is 8.41. The van der Waals surface area contributed by atoms with Crippen molar-refractivity contribution in [3.63, 3.8) is 0 Å². The number of amides is 3. The summed E-state index contributed by atoms with van der Waals surface area (Å²) in [6.45, 7) is 5.18. The number of nitrogens with two attached hydrogens (primary N) is 1. The number of hydrogen-bond acceptors (Lipinski definition) is 7. The van der Waals surface area contributed by atoms with E-state index in [2.05, 4.69) is 10.6 Å². The Labute approximate surface area is 175 Å². The summed E-state index contributed by atoms with van der Waals surface area (Å²) < 4.78 is 5.22. The molecule has 0 spiro atoms. The lowest BCUT2D eigenvalue weighted by Crippen LogP contribution is -2.55. The third-order valence-corrected chi connectivity index (χ3v) is 4.41. The van der Waals surface area contributed by atoms with Gasteiger partial charge in [-0.3, -0.25) is 15.0 Å². The number of rotatable bonds is 9. The van der Waals surface area contributed by atoms with Gasteiger partial charge in [0, 0.05) is 6.42 Å². The highest BCUT2D eigenvalue weighted by atomic mass is 32.2. The molecule has 29 heavy (non-hydrogen) atoms. The minimum Gasteiger partial charge on any atom is -0.508 e. The fourth-order valence-electron chi connectivity index (χ4n) is 2.40. The van der Waals surface area contributed by atoms with Crippen LogP contribution in [0.15, 0.2) is 24.3 Å². The van der Waals surface area contributed by atoms with Crippen molar-refractivity contribution in [1.82, 2.24) is 16.1 Å². The third-order valence-electron chi connectivity index (χ3n) is 3.77. The fourth-order valence-corrected chi connectivity index (χ4v) is 2.88. The van der Waals surface area contributed by atoms with Crippen LogP contribution >= 0.6 is 11.8 Å². The van der Waals surface area contributed by atoms with Gasteiger partial charge >= 0.3 is 6.09 Å². The minimum absolute atomic E-state index is 0.0938. The van der Waals surface area contributed by atoms with Crippen LogP contribution in [0.1, 0.15) is 32.8 Å². The first-order chi connectivity index (χ1) is 13.6. The lowest BCUT2D eigenvalue weighted by Gasteiger charge is -2.25. The Hall–Kier alpha value is -2.46. The van der Waals surface area contributed by atoms with Crippen LogP contribution in [-0.4, -0.2) is 52.7 Å². The molecule has 1 aromatic carbocycles. The maximum Gasteiger partial charge on any atom is 0.408 e. The highest BCUT2D eigenvalue weighted by Crippen LogP contribution is 2.12. The first kappa shape index (κ1) is 24.6. The monoisotopic (exact) mass is 426 g/mol. The maximum absolute atomic E-state index is 12.8. The van der Waals surface area contributed by atoms with Gasteiger partial charge in [0.1, 0.15) is 23.4 Å². The molecule has 0 heterocycles. The van der Waals surface area contributed by atoms with E-state index in [1.165, 1.54) is 23.9 Å². The number of phenolic OH excluding ortho intramolecular Hbond substituents is 1. The molecule has 0 unspecified atom stereocenters. The van der Waals surface area contributed by atoms with Gasteiger partial charge in [0.15, 0.2) is 0 Å². The molecule has 2 atom stereocenters. The number of alkyl carbamates (subject to hydrolysis) is 1. The van der Waals surface area contributed by atoms with Crippen LogP contribution in [-0.2, 0) is 20.7 Å². The second kappa shape index (κ2) is 11.5. The zero-order valence-electron chi connectivity index (χ0n) is 17.2. The van der Waals surface area contributed by atoms with E-state index in [1.807, 2.05) is 11.7 Å². The van der Waals surface area contributed by atoms with Crippen LogP contribution in [0.5, 0.6) is 5.75 Å². The lowest BCUT2D eigenvalue weighted by atomic mass is 10.0. The summed E-state index contributed by atoms with van der Waals surface area (Å²) in [5.41, 5.74) is 2.05. The van der Waals surface area contributed by atoms with Crippen molar-refractivity contribution in [3.8, 4) is 5.75 Å². The van der Waals surface area contributed by atoms with Crippen LogP contribution in [0, 0.1) is 0 Å². The van der Waals surface area contributed by atoms with Gasteiger partial charge in [-0.05, 0) is 56.9 Å². The lowest BCUT2D eigenvalue weighted by molar-refractivity contribution is -0.130. The first-order valence-electron chi connectivity index (χ1n) is 9.13. The van der Waals surface area contributed by atoms with E-state index in [-0.39, 0.29) is 12.2 Å². The molecule has 0 fully saturated rings. The highest BCUT2D eigenvalue weighted by Gasteiger charge is 2.28. The van der Waals surface area contributed by atoms with Gasteiger partial charge in [-0.25, -0.2) is 10.6 Å². The van der Waals surface area contributed by atoms with Gasteiger partial charge in [-0.2, -0.15) is 11.8 Å². The van der Waals surface area contributed by atoms with Crippen LogP contribution in [0.4, 0.5) is 4.79 Å². The number of ether oxygens (including phenoxy) is 1. The molecule has 6 N–H and O–H groups in total. The number of nitrogens with one attached hydrogen (secondary N) is 3. The summed E-state index contributed by atoms with van der Waals surface area (Å²) in [7, 11) is 0. The molecule has 1 rings (SSSR count). The van der Waals surface area contributed by atoms with Crippen molar-refractivity contribution in [2.24, 2.45) is 5.84 Å². The second-order valence-electron chi connectivity index (χ2n) is 7.42. The topological polar surface area (TPSA) is 143 Å². The number of benzene rings is 1. The van der Waals surface area contributed by atoms with E-state index in [4.69, 9.17) is 10.6 Å². The zero-order chi connectivity index (χ0) is 22.0. The number of aromatic hydroxyl groups is 1. The Morgan fingerprint density at radius 3 is 2.24 bits per heavy atom. The Bertz CT molecular complexity index is 691. The average Bonchev–Trinajstić information content (AvgIpc) is 2.64. The third kappa shape index (κ3) is 9.53. The minimum atomic E-state index is -0.950. The number of hydrazine groups is 1. The molecule has 3 amide bonds. The van der Waals surface area contributed by atoms with Crippen molar-refractivity contribution in [3.05, 3.63) is 29.8 Å². The summed E-state index contributed by atoms with van der Waals surface area (Å²) in [4.78, 5) is 37.0. The Morgan fingerprint density at radius 1 is 1.10 bits per heavy atom. The quantitative estimate of drug-likeness (QED) is 0.226. The smallest absolute Gasteiger partial charge is 0.408 e. The Kier molecular flexibility index (Phi) is 9.76. The molecule has 0 aliphatic rings. The molecule has 0 radical (unpaired) electrons. The molecule has 0 saturated heterocycles. The van der Waals surface area contributed by atoms with Crippen LogP contribution in [0.2, 0.25) is 0 Å². The number of thioether (sulfide) groups is 1. The van der Waals surface area contributed by atoms with E-state index in [0.29, 0.717) is 12.2 Å². The van der Waals surface area contributed by atoms with Crippen molar-refractivity contribution in [2.45, 2.75) is 51.3 Å². The van der Waals surface area contributed by atoms with Crippen LogP contribution < -0.4 is 21.9 Å². The SMILES string of the molecule is CSCC[C@@H](NC(=O)OC(C)(C)C)C(=O)N[C@H](Cc1ccc(O)cc1)C(=O)NN. The molecule has 9 nitrogen and oxygen atoms in total.